The van der Waals surface area contributed by atoms with Gasteiger partial charge in [0.05, 0.1) is 25.4 Å². The highest BCUT2D eigenvalue weighted by Gasteiger charge is 2.45. The molecule has 1 saturated heterocycles. The molecule has 3 heterocycles. The van der Waals surface area contributed by atoms with Gasteiger partial charge in [-0.1, -0.05) is 0 Å². The van der Waals surface area contributed by atoms with Crippen LogP contribution in [-0.4, -0.2) is 57.2 Å². The molecule has 2 aromatic heterocycles. The molecule has 1 aliphatic heterocycles. The van der Waals surface area contributed by atoms with Crippen LogP contribution in [0.5, 0.6) is 0 Å². The van der Waals surface area contributed by atoms with Crippen LogP contribution in [0.25, 0.3) is 0 Å². The Balaban J connectivity index is 1.55. The van der Waals surface area contributed by atoms with Crippen molar-refractivity contribution in [2.75, 3.05) is 13.2 Å². The molecule has 2 aliphatic rings. The zero-order chi connectivity index (χ0) is 18.8. The summed E-state index contributed by atoms with van der Waals surface area (Å²) >= 11 is 0. The van der Waals surface area contributed by atoms with Crippen molar-refractivity contribution in [3.63, 3.8) is 0 Å². The summed E-state index contributed by atoms with van der Waals surface area (Å²) in [5.74, 6) is -0.0633. The fraction of sp³-hybridized carbons (Fsp3) is 0.500. The summed E-state index contributed by atoms with van der Waals surface area (Å²) in [7, 11) is 0. The van der Waals surface area contributed by atoms with Crippen LogP contribution in [0.4, 0.5) is 0 Å². The molecule has 2 bridgehead atoms. The number of amides is 1. The van der Waals surface area contributed by atoms with Gasteiger partial charge in [0.1, 0.15) is 18.1 Å². The Labute approximate surface area is 158 Å². The number of carbonyl (C=O) groups excluding carboxylic acids is 1. The molecule has 3 atom stereocenters. The molecule has 0 aromatic carbocycles. The van der Waals surface area contributed by atoms with Crippen molar-refractivity contribution in [3.05, 3.63) is 53.4 Å². The van der Waals surface area contributed by atoms with Crippen molar-refractivity contribution in [2.45, 2.75) is 51.5 Å². The van der Waals surface area contributed by atoms with E-state index in [1.54, 1.807) is 12.4 Å². The number of pyridine rings is 1. The van der Waals surface area contributed by atoms with E-state index in [2.05, 4.69) is 15.0 Å². The second kappa shape index (κ2) is 7.70. The number of hydrogen-bond donors (Lipinski definition) is 0. The van der Waals surface area contributed by atoms with E-state index in [0.29, 0.717) is 25.5 Å². The van der Waals surface area contributed by atoms with E-state index in [4.69, 9.17) is 9.47 Å². The lowest BCUT2D eigenvalue weighted by atomic mass is 10.1. The van der Waals surface area contributed by atoms with Crippen LogP contribution in [0, 0.1) is 13.8 Å². The molecule has 142 valence electrons. The highest BCUT2D eigenvalue weighted by Crippen LogP contribution is 2.33. The van der Waals surface area contributed by atoms with E-state index in [0.717, 1.165) is 29.7 Å². The van der Waals surface area contributed by atoms with Gasteiger partial charge >= 0.3 is 0 Å². The summed E-state index contributed by atoms with van der Waals surface area (Å²) in [6.45, 7) is 5.34. The number of hydrogen-bond acceptors (Lipinski definition) is 6. The lowest BCUT2D eigenvalue weighted by molar-refractivity contribution is -0.0598. The van der Waals surface area contributed by atoms with Crippen LogP contribution < -0.4 is 0 Å². The van der Waals surface area contributed by atoms with Gasteiger partial charge in [-0.05, 0) is 44.4 Å². The lowest BCUT2D eigenvalue weighted by Gasteiger charge is -2.31. The van der Waals surface area contributed by atoms with Crippen molar-refractivity contribution in [1.82, 2.24) is 19.9 Å². The number of fused-ring (bicyclic) bond motifs is 2. The zero-order valence-corrected chi connectivity index (χ0v) is 15.7. The third-order valence-corrected chi connectivity index (χ3v) is 5.55. The van der Waals surface area contributed by atoms with E-state index < -0.39 is 0 Å². The molecule has 2 aromatic rings. The summed E-state index contributed by atoms with van der Waals surface area (Å²) in [6, 6.07) is 3.88. The summed E-state index contributed by atoms with van der Waals surface area (Å²) in [6.07, 6.45) is 6.65. The number of ether oxygens (including phenoxy) is 2. The van der Waals surface area contributed by atoms with Crippen LogP contribution >= 0.6 is 0 Å². The number of carbonyl (C=O) groups is 1. The normalized spacial score (nSPS) is 24.7. The number of aryl methyl sites for hydroxylation is 1. The van der Waals surface area contributed by atoms with E-state index in [9.17, 15) is 4.79 Å². The maximum atomic E-state index is 13.2. The molecule has 1 saturated carbocycles. The molecule has 0 spiro atoms. The third kappa shape index (κ3) is 3.57. The molecule has 2 fully saturated rings. The molecule has 0 N–H and O–H groups in total. The second-order valence-corrected chi connectivity index (χ2v) is 7.12. The van der Waals surface area contributed by atoms with Crippen LogP contribution in [0.15, 0.2) is 30.9 Å². The van der Waals surface area contributed by atoms with E-state index >= 15 is 0 Å². The van der Waals surface area contributed by atoms with Crippen LogP contribution in [0.2, 0.25) is 0 Å². The average Bonchev–Trinajstić information content (AvgIpc) is 2.98. The van der Waals surface area contributed by atoms with Gasteiger partial charge < -0.3 is 14.4 Å². The van der Waals surface area contributed by atoms with E-state index in [1.165, 1.54) is 6.33 Å². The Bertz CT molecular complexity index is 814. The predicted octanol–water partition coefficient (Wildman–Crippen LogP) is 2.08. The Morgan fingerprint density at radius 2 is 2.07 bits per heavy atom. The van der Waals surface area contributed by atoms with Gasteiger partial charge in [0, 0.05) is 30.2 Å². The van der Waals surface area contributed by atoms with E-state index in [1.807, 2.05) is 30.9 Å². The standard InChI is InChI=1S/C20H24N4O3/c1-13-14(2)22-12-23-18(13)20(25)24-9-10-26-17-4-3-16(24)19(17)27-11-15-5-7-21-8-6-15/h5-8,12,16-17,19H,3-4,9-11H2,1-2H3/t16-,17-,19+/m0/s1. The highest BCUT2D eigenvalue weighted by molar-refractivity contribution is 5.94. The minimum Gasteiger partial charge on any atom is -0.374 e. The predicted molar refractivity (Wildman–Crippen MR) is 98.1 cm³/mol. The maximum Gasteiger partial charge on any atom is 0.273 e. The number of aromatic nitrogens is 3. The molecular formula is C20H24N4O3. The van der Waals surface area contributed by atoms with Crippen LogP contribution in [0.1, 0.15) is 40.2 Å². The summed E-state index contributed by atoms with van der Waals surface area (Å²) < 4.78 is 12.2. The summed E-state index contributed by atoms with van der Waals surface area (Å²) in [5, 5.41) is 0. The zero-order valence-electron chi connectivity index (χ0n) is 15.7. The van der Waals surface area contributed by atoms with Gasteiger partial charge in [-0.25, -0.2) is 9.97 Å². The van der Waals surface area contributed by atoms with E-state index in [-0.39, 0.29) is 24.2 Å². The fourth-order valence-electron chi connectivity index (χ4n) is 3.92. The van der Waals surface area contributed by atoms with Crippen molar-refractivity contribution in [3.8, 4) is 0 Å². The van der Waals surface area contributed by atoms with Gasteiger partial charge in [-0.3, -0.25) is 9.78 Å². The van der Waals surface area contributed by atoms with Crippen molar-refractivity contribution >= 4 is 5.91 Å². The van der Waals surface area contributed by atoms with Crippen molar-refractivity contribution < 1.29 is 14.3 Å². The Hall–Kier alpha value is -2.38. The third-order valence-electron chi connectivity index (χ3n) is 5.55. The molecule has 1 amide bonds. The van der Waals surface area contributed by atoms with Crippen molar-refractivity contribution in [1.29, 1.82) is 0 Å². The topological polar surface area (TPSA) is 77.4 Å². The molecule has 1 aliphatic carbocycles. The summed E-state index contributed by atoms with van der Waals surface area (Å²) in [4.78, 5) is 27.6. The molecule has 27 heavy (non-hydrogen) atoms. The average molecular weight is 368 g/mol. The number of nitrogens with zero attached hydrogens (tertiary/aromatic N) is 4. The first-order valence-corrected chi connectivity index (χ1v) is 9.36. The van der Waals surface area contributed by atoms with Crippen LogP contribution in [-0.2, 0) is 16.1 Å². The fourth-order valence-corrected chi connectivity index (χ4v) is 3.92. The highest BCUT2D eigenvalue weighted by atomic mass is 16.5. The first-order valence-electron chi connectivity index (χ1n) is 9.36. The molecule has 0 unspecified atom stereocenters. The monoisotopic (exact) mass is 368 g/mol. The van der Waals surface area contributed by atoms with Crippen LogP contribution in [0.3, 0.4) is 0 Å². The largest absolute Gasteiger partial charge is 0.374 e. The molecular weight excluding hydrogens is 344 g/mol. The quantitative estimate of drug-likeness (QED) is 0.822. The minimum absolute atomic E-state index is 0.00140. The van der Waals surface area contributed by atoms with Crippen molar-refractivity contribution in [2.24, 2.45) is 0 Å². The minimum atomic E-state index is -0.132. The lowest BCUT2D eigenvalue weighted by Crippen LogP contribution is -2.47. The second-order valence-electron chi connectivity index (χ2n) is 7.12. The van der Waals surface area contributed by atoms with Gasteiger partial charge in [0.2, 0.25) is 0 Å². The van der Waals surface area contributed by atoms with Gasteiger partial charge in [-0.15, -0.1) is 0 Å². The SMILES string of the molecule is Cc1ncnc(C(=O)N2CCO[C@H]3CC[C@H]2[C@H]3OCc2ccncc2)c1C. The van der Waals surface area contributed by atoms with Gasteiger partial charge in [-0.2, -0.15) is 0 Å². The summed E-state index contributed by atoms with van der Waals surface area (Å²) in [5.41, 5.74) is 3.19. The Morgan fingerprint density at radius 1 is 1.26 bits per heavy atom. The molecule has 7 nitrogen and oxygen atoms in total. The Morgan fingerprint density at radius 3 is 2.89 bits per heavy atom. The molecule has 0 radical (unpaired) electrons. The number of rotatable bonds is 4. The smallest absolute Gasteiger partial charge is 0.273 e. The Kier molecular flexibility index (Phi) is 5.13. The molecule has 7 heteroatoms. The first-order chi connectivity index (χ1) is 13.1. The van der Waals surface area contributed by atoms with Gasteiger partial charge in [0.15, 0.2) is 0 Å². The maximum absolute atomic E-state index is 13.2. The van der Waals surface area contributed by atoms with Gasteiger partial charge in [0.25, 0.3) is 5.91 Å². The molecule has 4 rings (SSSR count). The first kappa shape index (κ1) is 18.0.